The van der Waals surface area contributed by atoms with Crippen LogP contribution in [0.2, 0.25) is 0 Å². The van der Waals surface area contributed by atoms with E-state index in [4.69, 9.17) is 11.6 Å². The molecule has 36 heavy (non-hydrogen) atoms. The van der Waals surface area contributed by atoms with Crippen LogP contribution in [-0.4, -0.2) is 37.4 Å². The maximum atomic E-state index is 13.1. The minimum Gasteiger partial charge on any atom is -0.349 e. The molecule has 10 nitrogen and oxygen atoms in total. The number of H-pyrrole nitrogens is 2. The second-order valence-corrected chi connectivity index (χ2v) is 8.21. The van der Waals surface area contributed by atoms with Gasteiger partial charge in [-0.2, -0.15) is 10.5 Å². The van der Waals surface area contributed by atoms with E-state index in [2.05, 4.69) is 42.3 Å². The molecule has 0 spiro atoms. The van der Waals surface area contributed by atoms with Gasteiger partial charge in [0.2, 0.25) is 11.7 Å². The average Bonchev–Trinajstić information content (AvgIpc) is 3.60. The minimum atomic E-state index is -0.876. The number of hydrogen-bond donors (Lipinski definition) is 4. The van der Waals surface area contributed by atoms with Gasteiger partial charge in [-0.25, -0.2) is 0 Å². The Labute approximate surface area is 209 Å². The third kappa shape index (κ3) is 4.51. The Morgan fingerprint density at radius 3 is 2.56 bits per heavy atom. The summed E-state index contributed by atoms with van der Waals surface area (Å²) in [5, 5.41) is 28.5. The zero-order valence-electron chi connectivity index (χ0n) is 18.5. The molecule has 1 unspecified atom stereocenters. The molecular formula is C25H17ClN8O2. The molecule has 0 aliphatic carbocycles. The Balaban J connectivity index is 1.41. The van der Waals surface area contributed by atoms with Gasteiger partial charge < -0.3 is 15.6 Å². The van der Waals surface area contributed by atoms with Crippen molar-refractivity contribution >= 4 is 45.7 Å². The number of anilines is 2. The van der Waals surface area contributed by atoms with E-state index in [1.54, 1.807) is 48.5 Å². The highest BCUT2D eigenvalue weighted by atomic mass is 35.5. The number of aromatic nitrogens is 5. The summed E-state index contributed by atoms with van der Waals surface area (Å²) in [7, 11) is 0. The minimum absolute atomic E-state index is 0.234. The first-order valence-corrected chi connectivity index (χ1v) is 11.2. The molecule has 11 heteroatoms. The van der Waals surface area contributed by atoms with Gasteiger partial charge in [0.05, 0.1) is 28.5 Å². The van der Waals surface area contributed by atoms with Crippen LogP contribution in [0.15, 0.2) is 72.8 Å². The Morgan fingerprint density at radius 1 is 0.972 bits per heavy atom. The highest BCUT2D eigenvalue weighted by Crippen LogP contribution is 2.29. The van der Waals surface area contributed by atoms with Crippen LogP contribution in [0.3, 0.4) is 0 Å². The van der Waals surface area contributed by atoms with Crippen LogP contribution in [-0.2, 0) is 4.79 Å². The fraction of sp³-hybridized carbons (Fsp3) is 0.0400. The van der Waals surface area contributed by atoms with Crippen molar-refractivity contribution in [2.75, 3.05) is 10.6 Å². The molecule has 5 aromatic rings. The molecule has 0 radical (unpaired) electrons. The fourth-order valence-electron chi connectivity index (χ4n) is 3.73. The van der Waals surface area contributed by atoms with Crippen molar-refractivity contribution < 1.29 is 9.59 Å². The van der Waals surface area contributed by atoms with E-state index in [9.17, 15) is 14.9 Å². The topological polar surface area (TPSA) is 152 Å². The predicted octanol–water partition coefficient (Wildman–Crippen LogP) is 4.39. The van der Waals surface area contributed by atoms with Gasteiger partial charge in [0.25, 0.3) is 5.91 Å². The highest BCUT2D eigenvalue weighted by Gasteiger charge is 2.20. The van der Waals surface area contributed by atoms with Crippen molar-refractivity contribution in [1.29, 1.82) is 5.26 Å². The molecule has 0 saturated heterocycles. The van der Waals surface area contributed by atoms with Crippen LogP contribution in [0.4, 0.5) is 11.4 Å². The number of amides is 2. The zero-order chi connectivity index (χ0) is 25.1. The number of hydrogen-bond acceptors (Lipinski definition) is 6. The number of fused-ring (bicyclic) bond motifs is 1. The van der Waals surface area contributed by atoms with Crippen LogP contribution in [0.1, 0.15) is 27.0 Å². The van der Waals surface area contributed by atoms with Crippen molar-refractivity contribution in [1.82, 2.24) is 25.6 Å². The Kier molecular flexibility index (Phi) is 6.13. The van der Waals surface area contributed by atoms with E-state index in [-0.39, 0.29) is 11.5 Å². The first-order valence-electron chi connectivity index (χ1n) is 10.7. The Morgan fingerprint density at radius 2 is 1.81 bits per heavy atom. The van der Waals surface area contributed by atoms with E-state index in [0.717, 1.165) is 5.39 Å². The molecule has 5 rings (SSSR count). The number of nitrogens with zero attached hydrogens (tertiary/aromatic N) is 4. The molecule has 0 aliphatic heterocycles. The molecule has 2 amide bonds. The molecule has 3 aromatic carbocycles. The number of benzene rings is 3. The monoisotopic (exact) mass is 496 g/mol. The first-order chi connectivity index (χ1) is 17.5. The van der Waals surface area contributed by atoms with Crippen molar-refractivity contribution in [3.05, 3.63) is 89.6 Å². The zero-order valence-corrected chi connectivity index (χ0v) is 19.2. The van der Waals surface area contributed by atoms with Gasteiger partial charge in [0.15, 0.2) is 0 Å². The fourth-order valence-corrected chi connectivity index (χ4v) is 3.93. The van der Waals surface area contributed by atoms with Gasteiger partial charge in [-0.3, -0.25) is 9.59 Å². The average molecular weight is 497 g/mol. The maximum Gasteiger partial charge on any atom is 0.272 e. The number of tetrazole rings is 1. The summed E-state index contributed by atoms with van der Waals surface area (Å²) in [6.45, 7) is 0. The maximum absolute atomic E-state index is 13.1. The molecule has 2 aromatic heterocycles. The predicted molar refractivity (Wildman–Crippen MR) is 134 cm³/mol. The van der Waals surface area contributed by atoms with Crippen LogP contribution in [0.25, 0.3) is 22.3 Å². The lowest BCUT2D eigenvalue weighted by Crippen LogP contribution is -2.17. The SMILES string of the molecule is N#Cc1ccc(NC(=O)c2cc3cccc(NC(=O)C(Cl)c4ccccc4)c3[nH]2)c(-c2nn[nH]n2)c1. The Bertz CT molecular complexity index is 1610. The lowest BCUT2D eigenvalue weighted by molar-refractivity contribution is -0.116. The summed E-state index contributed by atoms with van der Waals surface area (Å²) in [4.78, 5) is 28.9. The molecule has 0 bridgehead atoms. The number of alkyl halides is 1. The molecule has 2 heterocycles. The highest BCUT2D eigenvalue weighted by molar-refractivity contribution is 6.32. The van der Waals surface area contributed by atoms with E-state index < -0.39 is 17.2 Å². The third-order valence-electron chi connectivity index (χ3n) is 5.46. The number of aromatic amines is 2. The number of halogens is 1. The number of rotatable bonds is 6. The van der Waals surface area contributed by atoms with Crippen molar-refractivity contribution in [3.63, 3.8) is 0 Å². The summed E-state index contributed by atoms with van der Waals surface area (Å²) in [5.74, 6) is -0.589. The van der Waals surface area contributed by atoms with Gasteiger partial charge in [-0.1, -0.05) is 42.5 Å². The van der Waals surface area contributed by atoms with Crippen molar-refractivity contribution in [3.8, 4) is 17.5 Å². The summed E-state index contributed by atoms with van der Waals surface area (Å²) >= 11 is 6.36. The van der Waals surface area contributed by atoms with Gasteiger partial charge in [-0.05, 0) is 41.1 Å². The van der Waals surface area contributed by atoms with Crippen molar-refractivity contribution in [2.24, 2.45) is 0 Å². The van der Waals surface area contributed by atoms with Gasteiger partial charge >= 0.3 is 0 Å². The number of nitrogens with one attached hydrogen (secondary N) is 4. The van der Waals surface area contributed by atoms with E-state index in [1.807, 2.05) is 24.3 Å². The molecule has 0 fully saturated rings. The van der Waals surface area contributed by atoms with E-state index in [1.165, 1.54) is 0 Å². The summed E-state index contributed by atoms with van der Waals surface area (Å²) in [5.41, 5.74) is 3.23. The molecular weight excluding hydrogens is 480 g/mol. The lowest BCUT2D eigenvalue weighted by atomic mass is 10.1. The largest absolute Gasteiger partial charge is 0.349 e. The molecule has 176 valence electrons. The third-order valence-corrected chi connectivity index (χ3v) is 5.91. The molecule has 1 atom stereocenters. The second kappa shape index (κ2) is 9.69. The van der Waals surface area contributed by atoms with Crippen LogP contribution >= 0.6 is 11.6 Å². The van der Waals surface area contributed by atoms with Gasteiger partial charge in [0, 0.05) is 10.9 Å². The first kappa shape index (κ1) is 22.8. The smallest absolute Gasteiger partial charge is 0.272 e. The Hall–Kier alpha value is -5.01. The molecule has 4 N–H and O–H groups in total. The quantitative estimate of drug-likeness (QED) is 0.256. The normalized spacial score (nSPS) is 11.6. The number of nitriles is 1. The van der Waals surface area contributed by atoms with Crippen molar-refractivity contribution in [2.45, 2.75) is 5.38 Å². The van der Waals surface area contributed by atoms with Gasteiger partial charge in [-0.15, -0.1) is 21.8 Å². The standard InChI is InChI=1S/C25H17ClN8O2/c26-21(15-5-2-1-3-6-15)25(36)30-19-8-4-7-16-12-20(28-22(16)19)24(35)29-18-10-9-14(13-27)11-17(18)23-31-33-34-32-23/h1-12,21,28H,(H,29,35)(H,30,36)(H,31,32,33,34). The number of carbonyl (C=O) groups excluding carboxylic acids is 2. The molecule has 0 aliphatic rings. The van der Waals surface area contributed by atoms with E-state index >= 15 is 0 Å². The second-order valence-electron chi connectivity index (χ2n) is 7.78. The lowest BCUT2D eigenvalue weighted by Gasteiger charge is -2.11. The van der Waals surface area contributed by atoms with Crippen LogP contribution in [0.5, 0.6) is 0 Å². The number of carbonyl (C=O) groups is 2. The van der Waals surface area contributed by atoms with E-state index in [0.29, 0.717) is 33.6 Å². The molecule has 0 saturated carbocycles. The summed E-state index contributed by atoms with van der Waals surface area (Å²) in [6.07, 6.45) is 0. The number of para-hydroxylation sites is 1. The van der Waals surface area contributed by atoms with Crippen LogP contribution in [0, 0.1) is 11.3 Å². The van der Waals surface area contributed by atoms with Gasteiger partial charge in [0.1, 0.15) is 11.1 Å². The summed E-state index contributed by atoms with van der Waals surface area (Å²) < 4.78 is 0. The van der Waals surface area contributed by atoms with Crippen LogP contribution < -0.4 is 10.6 Å². The summed E-state index contributed by atoms with van der Waals surface area (Å²) in [6, 6.07) is 22.8.